The first-order chi connectivity index (χ1) is 9.08. The van der Waals surface area contributed by atoms with E-state index in [1.54, 1.807) is 25.1 Å². The van der Waals surface area contributed by atoms with E-state index in [9.17, 15) is 9.59 Å². The van der Waals surface area contributed by atoms with Gasteiger partial charge in [0.15, 0.2) is 0 Å². The summed E-state index contributed by atoms with van der Waals surface area (Å²) in [5.74, 6) is 0.822. The van der Waals surface area contributed by atoms with E-state index < -0.39 is 0 Å². The molecule has 0 aliphatic heterocycles. The van der Waals surface area contributed by atoms with Gasteiger partial charge in [-0.05, 0) is 31.4 Å². The van der Waals surface area contributed by atoms with Gasteiger partial charge >= 0.3 is 0 Å². The highest BCUT2D eigenvalue weighted by Gasteiger charge is 2.39. The minimum atomic E-state index is -0.232. The van der Waals surface area contributed by atoms with Gasteiger partial charge in [-0.25, -0.2) is 9.66 Å². The zero-order chi connectivity index (χ0) is 13.6. The van der Waals surface area contributed by atoms with Gasteiger partial charge in [0.1, 0.15) is 5.82 Å². The summed E-state index contributed by atoms with van der Waals surface area (Å²) in [7, 11) is 0. The number of amides is 1. The molecule has 1 heterocycles. The third kappa shape index (κ3) is 2.01. The molecule has 1 N–H and O–H groups in total. The van der Waals surface area contributed by atoms with E-state index in [0.29, 0.717) is 22.6 Å². The Labute approximate surface area is 110 Å². The Bertz CT molecular complexity index is 720. The summed E-state index contributed by atoms with van der Waals surface area (Å²) < 4.78 is 1.25. The van der Waals surface area contributed by atoms with Crippen molar-refractivity contribution in [3.8, 4) is 0 Å². The van der Waals surface area contributed by atoms with E-state index in [-0.39, 0.29) is 17.4 Å². The fourth-order valence-electron chi connectivity index (χ4n) is 2.26. The Morgan fingerprint density at radius 2 is 2.11 bits per heavy atom. The van der Waals surface area contributed by atoms with E-state index in [1.807, 2.05) is 13.0 Å². The van der Waals surface area contributed by atoms with Crippen molar-refractivity contribution in [3.63, 3.8) is 0 Å². The van der Waals surface area contributed by atoms with Crippen molar-refractivity contribution >= 4 is 16.8 Å². The molecule has 2 aromatic rings. The van der Waals surface area contributed by atoms with Gasteiger partial charge in [-0.15, -0.1) is 0 Å². The van der Waals surface area contributed by atoms with Crippen molar-refractivity contribution in [2.75, 3.05) is 5.43 Å². The number of rotatable bonds is 2. The Morgan fingerprint density at radius 3 is 2.79 bits per heavy atom. The van der Waals surface area contributed by atoms with Crippen molar-refractivity contribution in [2.24, 2.45) is 11.8 Å². The molecular formula is C14H15N3O2. The van der Waals surface area contributed by atoms with Crippen LogP contribution >= 0.6 is 0 Å². The van der Waals surface area contributed by atoms with Crippen molar-refractivity contribution < 1.29 is 4.79 Å². The van der Waals surface area contributed by atoms with Crippen LogP contribution in [-0.2, 0) is 4.79 Å². The van der Waals surface area contributed by atoms with Crippen LogP contribution in [0.25, 0.3) is 10.9 Å². The van der Waals surface area contributed by atoms with Gasteiger partial charge in [0, 0.05) is 5.92 Å². The van der Waals surface area contributed by atoms with Crippen LogP contribution in [0.5, 0.6) is 0 Å². The minimum Gasteiger partial charge on any atom is -0.273 e. The zero-order valence-electron chi connectivity index (χ0n) is 10.9. The summed E-state index contributed by atoms with van der Waals surface area (Å²) in [6, 6.07) is 7.13. The highest BCUT2D eigenvalue weighted by Crippen LogP contribution is 2.37. The number of fused-ring (bicyclic) bond motifs is 1. The summed E-state index contributed by atoms with van der Waals surface area (Å²) in [4.78, 5) is 28.6. The molecule has 5 nitrogen and oxygen atoms in total. The summed E-state index contributed by atoms with van der Waals surface area (Å²) >= 11 is 0. The van der Waals surface area contributed by atoms with Crippen LogP contribution in [0.4, 0.5) is 0 Å². The predicted octanol–water partition coefficient (Wildman–Crippen LogP) is 1.43. The van der Waals surface area contributed by atoms with Crippen LogP contribution in [0, 0.1) is 18.8 Å². The van der Waals surface area contributed by atoms with Gasteiger partial charge in [-0.3, -0.25) is 15.0 Å². The quantitative estimate of drug-likeness (QED) is 0.885. The molecule has 19 heavy (non-hydrogen) atoms. The summed E-state index contributed by atoms with van der Waals surface area (Å²) in [6.07, 6.45) is 0.890. The van der Waals surface area contributed by atoms with Crippen molar-refractivity contribution in [2.45, 2.75) is 20.3 Å². The van der Waals surface area contributed by atoms with Crippen molar-refractivity contribution in [3.05, 3.63) is 40.4 Å². The standard InChI is InChI=1S/C14H15N3O2/c1-8-7-11(8)13(18)16-17-9(2)15-12-6-4-3-5-10(12)14(17)19/h3-6,8,11H,7H2,1-2H3,(H,16,18)/t8-,11+/m1/s1. The van der Waals surface area contributed by atoms with Crippen LogP contribution in [0.1, 0.15) is 19.2 Å². The molecule has 2 atom stereocenters. The lowest BCUT2D eigenvalue weighted by molar-refractivity contribution is -0.118. The summed E-state index contributed by atoms with van der Waals surface area (Å²) in [5, 5.41) is 0.511. The molecule has 3 rings (SSSR count). The third-order valence-electron chi connectivity index (χ3n) is 3.61. The van der Waals surface area contributed by atoms with Crippen LogP contribution in [0.2, 0.25) is 0 Å². The second-order valence-electron chi connectivity index (χ2n) is 5.11. The summed E-state index contributed by atoms with van der Waals surface area (Å²) in [6.45, 7) is 3.74. The lowest BCUT2D eigenvalue weighted by Crippen LogP contribution is -2.36. The number of hydrogen-bond acceptors (Lipinski definition) is 3. The lowest BCUT2D eigenvalue weighted by Gasteiger charge is -2.11. The normalized spacial score (nSPS) is 21.4. The molecule has 1 saturated carbocycles. The number of hydrogen-bond donors (Lipinski definition) is 1. The van der Waals surface area contributed by atoms with Crippen LogP contribution < -0.4 is 11.0 Å². The van der Waals surface area contributed by atoms with Gasteiger partial charge in [0.05, 0.1) is 10.9 Å². The van der Waals surface area contributed by atoms with Crippen LogP contribution in [0.3, 0.4) is 0 Å². The van der Waals surface area contributed by atoms with Gasteiger partial charge in [-0.2, -0.15) is 0 Å². The predicted molar refractivity (Wildman–Crippen MR) is 72.4 cm³/mol. The molecule has 1 aliphatic rings. The van der Waals surface area contributed by atoms with Gasteiger partial charge in [0.2, 0.25) is 5.91 Å². The van der Waals surface area contributed by atoms with E-state index in [1.165, 1.54) is 4.68 Å². The molecule has 0 saturated heterocycles. The van der Waals surface area contributed by atoms with E-state index in [0.717, 1.165) is 6.42 Å². The number of para-hydroxylation sites is 1. The first-order valence-electron chi connectivity index (χ1n) is 6.37. The molecule has 0 bridgehead atoms. The van der Waals surface area contributed by atoms with Gasteiger partial charge < -0.3 is 0 Å². The molecule has 1 amide bonds. The number of carbonyl (C=O) groups is 1. The number of nitrogens with zero attached hydrogens (tertiary/aromatic N) is 2. The van der Waals surface area contributed by atoms with Crippen LogP contribution in [-0.4, -0.2) is 15.6 Å². The van der Waals surface area contributed by atoms with Crippen molar-refractivity contribution in [1.82, 2.24) is 9.66 Å². The Balaban J connectivity index is 2.03. The fourth-order valence-corrected chi connectivity index (χ4v) is 2.26. The second kappa shape index (κ2) is 4.19. The molecule has 0 spiro atoms. The Hall–Kier alpha value is -2.17. The SMILES string of the molecule is Cc1nc2ccccc2c(=O)n1NC(=O)[C@H]1C[C@H]1C. The topological polar surface area (TPSA) is 64.0 Å². The maximum absolute atomic E-state index is 12.3. The number of aryl methyl sites for hydroxylation is 1. The van der Waals surface area contributed by atoms with E-state index in [2.05, 4.69) is 10.4 Å². The molecule has 1 aromatic carbocycles. The first kappa shape index (κ1) is 11.9. The third-order valence-corrected chi connectivity index (χ3v) is 3.61. The highest BCUT2D eigenvalue weighted by molar-refractivity contribution is 5.88. The molecule has 1 aromatic heterocycles. The molecule has 98 valence electrons. The molecule has 0 unspecified atom stereocenters. The molecular weight excluding hydrogens is 242 g/mol. The zero-order valence-corrected chi connectivity index (χ0v) is 10.9. The highest BCUT2D eigenvalue weighted by atomic mass is 16.2. The Morgan fingerprint density at radius 1 is 1.42 bits per heavy atom. The second-order valence-corrected chi connectivity index (χ2v) is 5.11. The number of aromatic nitrogens is 2. The van der Waals surface area contributed by atoms with Crippen molar-refractivity contribution in [1.29, 1.82) is 0 Å². The first-order valence-corrected chi connectivity index (χ1v) is 6.37. The Kier molecular flexibility index (Phi) is 2.62. The fraction of sp³-hybridized carbons (Fsp3) is 0.357. The smallest absolute Gasteiger partial charge is 0.273 e. The van der Waals surface area contributed by atoms with Gasteiger partial charge in [0.25, 0.3) is 5.56 Å². The number of carbonyl (C=O) groups excluding carboxylic acids is 1. The maximum Gasteiger partial charge on any atom is 0.280 e. The molecule has 1 fully saturated rings. The van der Waals surface area contributed by atoms with Gasteiger partial charge in [-0.1, -0.05) is 19.1 Å². The molecule has 1 aliphatic carbocycles. The largest absolute Gasteiger partial charge is 0.280 e. The number of benzene rings is 1. The van der Waals surface area contributed by atoms with E-state index >= 15 is 0 Å². The molecule has 5 heteroatoms. The average Bonchev–Trinajstić information content (AvgIpc) is 3.11. The lowest BCUT2D eigenvalue weighted by atomic mass is 10.2. The molecule has 0 radical (unpaired) electrons. The minimum absolute atomic E-state index is 0.0257. The van der Waals surface area contributed by atoms with Crippen LogP contribution in [0.15, 0.2) is 29.1 Å². The number of nitrogens with one attached hydrogen (secondary N) is 1. The summed E-state index contributed by atoms with van der Waals surface area (Å²) in [5.41, 5.74) is 3.08. The van der Waals surface area contributed by atoms with E-state index in [4.69, 9.17) is 0 Å². The maximum atomic E-state index is 12.3. The monoisotopic (exact) mass is 257 g/mol. The average molecular weight is 257 g/mol.